The van der Waals surface area contributed by atoms with Crippen molar-refractivity contribution >= 4 is 22.6 Å². The number of hydrogen-bond donors (Lipinski definition) is 2. The van der Waals surface area contributed by atoms with Crippen molar-refractivity contribution < 1.29 is 9.90 Å². The monoisotopic (exact) mass is 282 g/mol. The number of nitrogens with zero attached hydrogens (tertiary/aromatic N) is 1. The summed E-state index contributed by atoms with van der Waals surface area (Å²) >= 11 is 0. The molecule has 4 rings (SSSR count). The first-order chi connectivity index (χ1) is 10.2. The first-order valence-corrected chi connectivity index (χ1v) is 7.60. The second kappa shape index (κ2) is 4.72. The molecule has 2 aromatic rings. The maximum atomic E-state index is 11.5. The number of rotatable bonds is 3. The Balaban J connectivity index is 1.78. The zero-order chi connectivity index (χ0) is 14.4. The molecule has 1 aromatic heterocycles. The van der Waals surface area contributed by atoms with E-state index in [1.54, 1.807) is 0 Å². The first kappa shape index (κ1) is 12.6. The van der Waals surface area contributed by atoms with Gasteiger partial charge in [0.1, 0.15) is 5.56 Å². The summed E-state index contributed by atoms with van der Waals surface area (Å²) in [5.74, 6) is 0.608. The highest BCUT2D eigenvalue weighted by Crippen LogP contribution is 2.46. The second-order valence-electron chi connectivity index (χ2n) is 6.29. The lowest BCUT2D eigenvalue weighted by atomic mass is 9.94. The van der Waals surface area contributed by atoms with Crippen molar-refractivity contribution in [1.82, 2.24) is 4.98 Å². The molecular formula is C17H18N2O2. The smallest absolute Gasteiger partial charge is 0.339 e. The highest BCUT2D eigenvalue weighted by molar-refractivity contribution is 6.04. The number of fused-ring (bicyclic) bond motifs is 3. The van der Waals surface area contributed by atoms with E-state index in [1.165, 1.54) is 31.9 Å². The van der Waals surface area contributed by atoms with Crippen LogP contribution in [-0.4, -0.2) is 22.1 Å². The third kappa shape index (κ3) is 2.06. The van der Waals surface area contributed by atoms with Crippen LogP contribution in [0.4, 0.5) is 5.69 Å². The summed E-state index contributed by atoms with van der Waals surface area (Å²) in [6, 6.07) is 8.14. The van der Waals surface area contributed by atoms with E-state index in [9.17, 15) is 9.90 Å². The Bertz CT molecular complexity index is 713. The molecule has 108 valence electrons. The van der Waals surface area contributed by atoms with Gasteiger partial charge < -0.3 is 10.4 Å². The van der Waals surface area contributed by atoms with Gasteiger partial charge in [0.05, 0.1) is 11.2 Å². The third-order valence-corrected chi connectivity index (χ3v) is 5.07. The van der Waals surface area contributed by atoms with E-state index in [4.69, 9.17) is 0 Å². The quantitative estimate of drug-likeness (QED) is 0.904. The molecule has 0 aliphatic heterocycles. The van der Waals surface area contributed by atoms with Crippen LogP contribution in [0, 0.1) is 11.8 Å². The van der Waals surface area contributed by atoms with Crippen LogP contribution in [-0.2, 0) is 0 Å². The summed E-state index contributed by atoms with van der Waals surface area (Å²) in [7, 11) is 0. The standard InChI is InChI=1S/C17H18N2O2/c20-17(21)13-9-18-14-4-2-1-3-12(14)16(13)19-15-8-10-5-6-11(15)7-10/h1-4,9-11,15H,5-8H2,(H,18,19)(H,20,21). The average molecular weight is 282 g/mol. The fourth-order valence-corrected chi connectivity index (χ4v) is 4.07. The zero-order valence-corrected chi connectivity index (χ0v) is 11.7. The molecule has 2 N–H and O–H groups in total. The van der Waals surface area contributed by atoms with Gasteiger partial charge in [-0.15, -0.1) is 0 Å². The number of carboxylic acids is 1. The number of aromatic nitrogens is 1. The van der Waals surface area contributed by atoms with E-state index in [0.717, 1.165) is 22.5 Å². The topological polar surface area (TPSA) is 62.2 Å². The van der Waals surface area contributed by atoms with Crippen molar-refractivity contribution in [2.75, 3.05) is 5.32 Å². The summed E-state index contributed by atoms with van der Waals surface area (Å²) < 4.78 is 0. The molecule has 2 aliphatic rings. The van der Waals surface area contributed by atoms with Gasteiger partial charge in [0.15, 0.2) is 0 Å². The second-order valence-corrected chi connectivity index (χ2v) is 6.29. The summed E-state index contributed by atoms with van der Waals surface area (Å²) in [6.07, 6.45) is 6.54. The molecular weight excluding hydrogens is 264 g/mol. The molecule has 2 fully saturated rings. The normalized spacial score (nSPS) is 27.1. The van der Waals surface area contributed by atoms with Gasteiger partial charge in [0, 0.05) is 17.6 Å². The van der Waals surface area contributed by atoms with Gasteiger partial charge in [-0.1, -0.05) is 24.6 Å². The van der Waals surface area contributed by atoms with Crippen molar-refractivity contribution in [1.29, 1.82) is 0 Å². The van der Waals surface area contributed by atoms with E-state index in [1.807, 2.05) is 24.3 Å². The van der Waals surface area contributed by atoms with Crippen molar-refractivity contribution in [2.45, 2.75) is 31.7 Å². The Kier molecular flexibility index (Phi) is 2.84. The molecule has 3 unspecified atom stereocenters. The van der Waals surface area contributed by atoms with Gasteiger partial charge in [-0.2, -0.15) is 0 Å². The van der Waals surface area contributed by atoms with Crippen LogP contribution in [0.5, 0.6) is 0 Å². The number of aromatic carboxylic acids is 1. The lowest BCUT2D eigenvalue weighted by Gasteiger charge is -2.25. The Hall–Kier alpha value is -2.10. The van der Waals surface area contributed by atoms with Crippen LogP contribution < -0.4 is 5.32 Å². The molecule has 1 aromatic carbocycles. The van der Waals surface area contributed by atoms with Gasteiger partial charge in [-0.3, -0.25) is 4.98 Å². The Morgan fingerprint density at radius 2 is 2.10 bits per heavy atom. The first-order valence-electron chi connectivity index (χ1n) is 7.60. The summed E-state index contributed by atoms with van der Waals surface area (Å²) in [5.41, 5.74) is 1.86. The lowest BCUT2D eigenvalue weighted by Crippen LogP contribution is -2.27. The third-order valence-electron chi connectivity index (χ3n) is 5.07. The Morgan fingerprint density at radius 3 is 2.81 bits per heavy atom. The molecule has 0 radical (unpaired) electrons. The molecule has 0 spiro atoms. The zero-order valence-electron chi connectivity index (χ0n) is 11.7. The van der Waals surface area contributed by atoms with Gasteiger partial charge >= 0.3 is 5.97 Å². The molecule has 2 bridgehead atoms. The van der Waals surface area contributed by atoms with E-state index >= 15 is 0 Å². The Labute approximate surface area is 123 Å². The number of hydrogen-bond acceptors (Lipinski definition) is 3. The van der Waals surface area contributed by atoms with Crippen LogP contribution in [0.25, 0.3) is 10.9 Å². The molecule has 1 heterocycles. The molecule has 0 saturated heterocycles. The largest absolute Gasteiger partial charge is 0.478 e. The number of carboxylic acid groups (broad SMARTS) is 1. The van der Waals surface area contributed by atoms with Crippen LogP contribution in [0.2, 0.25) is 0 Å². The molecule has 21 heavy (non-hydrogen) atoms. The van der Waals surface area contributed by atoms with Gasteiger partial charge in [-0.25, -0.2) is 4.79 Å². The number of anilines is 1. The minimum Gasteiger partial charge on any atom is -0.478 e. The van der Waals surface area contributed by atoms with Crippen LogP contribution >= 0.6 is 0 Å². The molecule has 3 atom stereocenters. The Morgan fingerprint density at radius 1 is 1.24 bits per heavy atom. The molecule has 4 heteroatoms. The highest BCUT2D eigenvalue weighted by atomic mass is 16.4. The number of benzene rings is 1. The van der Waals surface area contributed by atoms with Crippen molar-refractivity contribution in [3.63, 3.8) is 0 Å². The van der Waals surface area contributed by atoms with Crippen molar-refractivity contribution in [3.05, 3.63) is 36.0 Å². The maximum absolute atomic E-state index is 11.5. The number of para-hydroxylation sites is 1. The summed E-state index contributed by atoms with van der Waals surface area (Å²) in [5, 5.41) is 13.9. The predicted molar refractivity (Wildman–Crippen MR) is 81.6 cm³/mol. The van der Waals surface area contributed by atoms with Crippen LogP contribution in [0.15, 0.2) is 30.5 Å². The lowest BCUT2D eigenvalue weighted by molar-refractivity contribution is 0.0697. The molecule has 0 amide bonds. The van der Waals surface area contributed by atoms with E-state index in [2.05, 4.69) is 10.3 Å². The van der Waals surface area contributed by atoms with Gasteiger partial charge in [-0.05, 0) is 37.2 Å². The minimum atomic E-state index is -0.918. The van der Waals surface area contributed by atoms with Crippen LogP contribution in [0.1, 0.15) is 36.0 Å². The number of carbonyl (C=O) groups is 1. The van der Waals surface area contributed by atoms with E-state index < -0.39 is 5.97 Å². The fourth-order valence-electron chi connectivity index (χ4n) is 4.07. The predicted octanol–water partition coefficient (Wildman–Crippen LogP) is 3.53. The van der Waals surface area contributed by atoms with Crippen molar-refractivity contribution in [2.24, 2.45) is 11.8 Å². The highest BCUT2D eigenvalue weighted by Gasteiger charge is 2.39. The molecule has 4 nitrogen and oxygen atoms in total. The summed E-state index contributed by atoms with van der Waals surface area (Å²) in [4.78, 5) is 15.8. The maximum Gasteiger partial charge on any atom is 0.339 e. The van der Waals surface area contributed by atoms with E-state index in [0.29, 0.717) is 12.0 Å². The van der Waals surface area contributed by atoms with Gasteiger partial charge in [0.25, 0.3) is 0 Å². The number of nitrogens with one attached hydrogen (secondary N) is 1. The molecule has 2 saturated carbocycles. The van der Waals surface area contributed by atoms with Crippen molar-refractivity contribution in [3.8, 4) is 0 Å². The van der Waals surface area contributed by atoms with Crippen LogP contribution in [0.3, 0.4) is 0 Å². The summed E-state index contributed by atoms with van der Waals surface area (Å²) in [6.45, 7) is 0. The SMILES string of the molecule is O=C(O)c1cnc2ccccc2c1NC1CC2CCC1C2. The average Bonchev–Trinajstić information content (AvgIpc) is 3.10. The van der Waals surface area contributed by atoms with Gasteiger partial charge in [0.2, 0.25) is 0 Å². The minimum absolute atomic E-state index is 0.275. The molecule has 2 aliphatic carbocycles. The number of pyridine rings is 1. The van der Waals surface area contributed by atoms with E-state index in [-0.39, 0.29) is 5.56 Å². The fraction of sp³-hybridized carbons (Fsp3) is 0.412.